The van der Waals surface area contributed by atoms with E-state index >= 15 is 0 Å². The zero-order chi connectivity index (χ0) is 37.0. The van der Waals surface area contributed by atoms with E-state index in [9.17, 15) is 5.11 Å². The van der Waals surface area contributed by atoms with Crippen LogP contribution in [0.2, 0.25) is 18.1 Å². The molecule has 2 aliphatic rings. The number of aliphatic hydroxyl groups is 1. The predicted octanol–water partition coefficient (Wildman–Crippen LogP) is 8.64. The number of aliphatic hydroxyl groups excluding tert-OH is 1. The highest BCUT2D eigenvalue weighted by Crippen LogP contribution is 2.44. The van der Waals surface area contributed by atoms with Crippen LogP contribution in [0, 0.1) is 0 Å². The second-order valence-electron chi connectivity index (χ2n) is 16.0. The minimum absolute atomic E-state index is 0.0777. The van der Waals surface area contributed by atoms with Gasteiger partial charge in [0.05, 0.1) is 19.3 Å². The molecule has 2 saturated heterocycles. The van der Waals surface area contributed by atoms with Crippen LogP contribution >= 0.6 is 0 Å². The Morgan fingerprint density at radius 3 is 1.69 bits per heavy atom. The summed E-state index contributed by atoms with van der Waals surface area (Å²) in [5.41, 5.74) is 3.08. The highest BCUT2D eigenvalue weighted by atomic mass is 28.4. The van der Waals surface area contributed by atoms with Crippen LogP contribution in [0.15, 0.2) is 121 Å². The van der Waals surface area contributed by atoms with Crippen LogP contribution in [0.1, 0.15) is 63.3 Å². The van der Waals surface area contributed by atoms with Crippen molar-refractivity contribution in [2.24, 2.45) is 0 Å². The molecule has 6 atom stereocenters. The Morgan fingerprint density at radius 1 is 0.692 bits per heavy atom. The molecule has 2 aliphatic heterocycles. The summed E-state index contributed by atoms with van der Waals surface area (Å²) in [6.45, 7) is 16.0. The topological polar surface area (TPSA) is 75.6 Å². The summed E-state index contributed by atoms with van der Waals surface area (Å²) < 4.78 is 40.4. The molecule has 278 valence electrons. The third-order valence-corrected chi connectivity index (χ3v) is 15.4. The second kappa shape index (κ2) is 16.0. The van der Waals surface area contributed by atoms with Crippen molar-refractivity contribution in [1.82, 2.24) is 0 Å². The summed E-state index contributed by atoms with van der Waals surface area (Å²) in [4.78, 5) is 0. The molecule has 52 heavy (non-hydrogen) atoms. The molecule has 0 bridgehead atoms. The predicted molar refractivity (Wildman–Crippen MR) is 206 cm³/mol. The van der Waals surface area contributed by atoms with Crippen LogP contribution in [-0.4, -0.2) is 69.0 Å². The molecule has 0 amide bonds. The van der Waals surface area contributed by atoms with Crippen LogP contribution in [0.4, 0.5) is 0 Å². The Hall–Kier alpha value is -3.18. The van der Waals surface area contributed by atoms with Gasteiger partial charge in [0.1, 0.15) is 36.1 Å². The lowest BCUT2D eigenvalue weighted by atomic mass is 9.80. The molecule has 2 fully saturated rings. The van der Waals surface area contributed by atoms with Crippen molar-refractivity contribution < 1.29 is 33.2 Å². The van der Waals surface area contributed by atoms with E-state index in [-0.39, 0.29) is 11.6 Å². The van der Waals surface area contributed by atoms with Crippen molar-refractivity contribution in [3.63, 3.8) is 0 Å². The van der Waals surface area contributed by atoms with Gasteiger partial charge in [-0.25, -0.2) is 0 Å². The molecular weight excluding hydrogens is 669 g/mol. The maximum atomic E-state index is 11.8. The van der Waals surface area contributed by atoms with Gasteiger partial charge in [0.15, 0.2) is 14.1 Å². The fraction of sp³-hybridized carbons (Fsp3) is 0.455. The molecule has 0 spiro atoms. The average Bonchev–Trinajstić information content (AvgIpc) is 3.62. The van der Waals surface area contributed by atoms with Crippen LogP contribution < -0.4 is 0 Å². The van der Waals surface area contributed by atoms with Gasteiger partial charge < -0.3 is 33.2 Å². The Balaban J connectivity index is 1.30. The van der Waals surface area contributed by atoms with Gasteiger partial charge in [0, 0.05) is 6.61 Å². The molecule has 0 unspecified atom stereocenters. The van der Waals surface area contributed by atoms with Gasteiger partial charge in [-0.1, -0.05) is 142 Å². The fourth-order valence-electron chi connectivity index (χ4n) is 7.12. The molecule has 4 aromatic carbocycles. The van der Waals surface area contributed by atoms with Crippen LogP contribution in [0.3, 0.4) is 0 Å². The van der Waals surface area contributed by atoms with Crippen molar-refractivity contribution in [2.45, 2.75) is 114 Å². The van der Waals surface area contributed by atoms with Gasteiger partial charge in [-0.2, -0.15) is 0 Å². The first-order valence-electron chi connectivity index (χ1n) is 18.6. The van der Waals surface area contributed by atoms with Gasteiger partial charge in [0.2, 0.25) is 0 Å². The number of ether oxygens (including phenoxy) is 5. The van der Waals surface area contributed by atoms with Gasteiger partial charge in [0.25, 0.3) is 0 Å². The lowest BCUT2D eigenvalue weighted by Crippen LogP contribution is -2.47. The van der Waals surface area contributed by atoms with E-state index in [1.165, 1.54) is 0 Å². The molecule has 1 N–H and O–H groups in total. The van der Waals surface area contributed by atoms with Crippen molar-refractivity contribution in [1.29, 1.82) is 0 Å². The SMILES string of the molecule is CC1(C)O[C@H]([C@@H]2O[C@H](CCO[Si](C)(C)C(C)(C)C)[C@H](O)[C@@H]2OCc2ccccc2)[C@H](COC(c2ccccc2)(c2ccccc2)c2ccccc2)O1. The normalized spacial score (nSPS) is 25.0. The van der Waals surface area contributed by atoms with E-state index in [0.29, 0.717) is 19.6 Å². The zero-order valence-electron chi connectivity index (χ0n) is 31.7. The first-order valence-corrected chi connectivity index (χ1v) is 21.5. The number of hydrogen-bond acceptors (Lipinski definition) is 7. The van der Waals surface area contributed by atoms with Gasteiger partial charge in [-0.05, 0) is 60.7 Å². The summed E-state index contributed by atoms with van der Waals surface area (Å²) in [5.74, 6) is -0.921. The number of rotatable bonds is 14. The molecule has 0 saturated carbocycles. The Labute approximate surface area is 311 Å². The molecule has 0 aliphatic carbocycles. The van der Waals surface area contributed by atoms with Crippen molar-refractivity contribution in [3.8, 4) is 0 Å². The summed E-state index contributed by atoms with van der Waals surface area (Å²) in [7, 11) is -1.99. The third-order valence-electron chi connectivity index (χ3n) is 10.9. The molecule has 0 radical (unpaired) electrons. The fourth-order valence-corrected chi connectivity index (χ4v) is 8.18. The minimum atomic E-state index is -1.99. The Kier molecular flexibility index (Phi) is 11.9. The van der Waals surface area contributed by atoms with E-state index in [1.54, 1.807) is 0 Å². The van der Waals surface area contributed by atoms with Crippen molar-refractivity contribution in [2.75, 3.05) is 13.2 Å². The van der Waals surface area contributed by atoms with E-state index in [1.807, 2.05) is 98.8 Å². The molecule has 8 heteroatoms. The standard InChI is InChI=1S/C44H56O7Si/c1-42(2,3)52(6,7)48-29-28-36-38(45)40(46-30-32-20-12-8-13-21-32)41(49-36)39-37(50-43(4,5)51-39)31-47-44(33-22-14-9-15-23-33,34-24-16-10-17-25-34)35-26-18-11-19-27-35/h8-27,36-41,45H,28-31H2,1-7H3/t36-,37+,38+,39+,40+,41+/m1/s1. The monoisotopic (exact) mass is 724 g/mol. The molecule has 6 rings (SSSR count). The molecule has 2 heterocycles. The summed E-state index contributed by atoms with van der Waals surface area (Å²) in [6, 6.07) is 40.9. The highest BCUT2D eigenvalue weighted by molar-refractivity contribution is 6.74. The second-order valence-corrected chi connectivity index (χ2v) is 20.8. The number of benzene rings is 4. The zero-order valence-corrected chi connectivity index (χ0v) is 32.7. The smallest absolute Gasteiger partial charge is 0.191 e. The summed E-state index contributed by atoms with van der Waals surface area (Å²) >= 11 is 0. The quantitative estimate of drug-likeness (QED) is 0.103. The average molecular weight is 725 g/mol. The highest BCUT2D eigenvalue weighted by Gasteiger charge is 2.56. The van der Waals surface area contributed by atoms with Crippen molar-refractivity contribution in [3.05, 3.63) is 144 Å². The van der Waals surface area contributed by atoms with Crippen LogP contribution in [-0.2, 0) is 40.3 Å². The molecular formula is C44H56O7Si. The van der Waals surface area contributed by atoms with E-state index < -0.39 is 56.3 Å². The largest absolute Gasteiger partial charge is 0.417 e. The maximum absolute atomic E-state index is 11.8. The Morgan fingerprint density at radius 2 is 1.19 bits per heavy atom. The molecule has 0 aromatic heterocycles. The number of hydrogen-bond donors (Lipinski definition) is 1. The summed E-state index contributed by atoms with van der Waals surface area (Å²) in [6.07, 6.45) is -3.25. The van der Waals surface area contributed by atoms with E-state index in [4.69, 9.17) is 28.1 Å². The first-order chi connectivity index (χ1) is 24.8. The molecule has 4 aromatic rings. The lowest BCUT2D eigenvalue weighted by Gasteiger charge is -2.37. The summed E-state index contributed by atoms with van der Waals surface area (Å²) in [5, 5.41) is 11.9. The van der Waals surface area contributed by atoms with Gasteiger partial charge in [-0.15, -0.1) is 0 Å². The van der Waals surface area contributed by atoms with Gasteiger partial charge in [-0.3, -0.25) is 0 Å². The third kappa shape index (κ3) is 8.45. The van der Waals surface area contributed by atoms with Crippen LogP contribution in [0.25, 0.3) is 0 Å². The minimum Gasteiger partial charge on any atom is -0.417 e. The van der Waals surface area contributed by atoms with Crippen molar-refractivity contribution >= 4 is 8.32 Å². The first kappa shape index (κ1) is 38.5. The van der Waals surface area contributed by atoms with Crippen LogP contribution in [0.5, 0.6) is 0 Å². The van der Waals surface area contributed by atoms with E-state index in [0.717, 1.165) is 22.3 Å². The Bertz CT molecular complexity index is 1580. The molecule has 7 nitrogen and oxygen atoms in total. The maximum Gasteiger partial charge on any atom is 0.191 e. The van der Waals surface area contributed by atoms with E-state index in [2.05, 4.69) is 70.3 Å². The van der Waals surface area contributed by atoms with Gasteiger partial charge >= 0.3 is 0 Å². The lowest BCUT2D eigenvalue weighted by molar-refractivity contribution is -0.168.